The Morgan fingerprint density at radius 3 is 2.21 bits per heavy atom. The summed E-state index contributed by atoms with van der Waals surface area (Å²) >= 11 is 0. The van der Waals surface area contributed by atoms with E-state index in [9.17, 15) is 13.6 Å². The van der Waals surface area contributed by atoms with Crippen LogP contribution in [0.25, 0.3) is 11.1 Å². The van der Waals surface area contributed by atoms with E-state index in [1.807, 2.05) is 37.3 Å². The van der Waals surface area contributed by atoms with Crippen LogP contribution in [0.4, 0.5) is 8.78 Å². The first-order chi connectivity index (χ1) is 19.0. The molecule has 0 radical (unpaired) electrons. The van der Waals surface area contributed by atoms with Crippen LogP contribution in [0.1, 0.15) is 97.3 Å². The van der Waals surface area contributed by atoms with Gasteiger partial charge in [-0.1, -0.05) is 77.0 Å². The van der Waals surface area contributed by atoms with Crippen molar-refractivity contribution in [2.45, 2.75) is 110 Å². The summed E-state index contributed by atoms with van der Waals surface area (Å²) in [5.74, 6) is 0.390. The molecule has 1 aliphatic rings. The van der Waals surface area contributed by atoms with Gasteiger partial charge in [0, 0.05) is 0 Å². The summed E-state index contributed by atoms with van der Waals surface area (Å²) in [5.41, 5.74) is 1.71. The number of hydrogen-bond donors (Lipinski definition) is 0. The van der Waals surface area contributed by atoms with Crippen LogP contribution < -0.4 is 9.47 Å². The van der Waals surface area contributed by atoms with Gasteiger partial charge in [0.25, 0.3) is 0 Å². The van der Waals surface area contributed by atoms with Crippen LogP contribution in [0, 0.1) is 11.7 Å². The number of ether oxygens (including phenoxy) is 3. The summed E-state index contributed by atoms with van der Waals surface area (Å²) in [5, 5.41) is 0. The number of benzene rings is 2. The minimum Gasteiger partial charge on any atom is -0.493 e. The quantitative estimate of drug-likeness (QED) is 0.147. The Kier molecular flexibility index (Phi) is 13.6. The topological polar surface area (TPSA) is 44.8 Å². The SMILES string of the molecule is CCCCCCCCOc1ccc(-c2ccc(OCC3CCC(OC(=O)[C@@H](F)CCCC)CC3)cc2)cc1F. The molecule has 0 unspecified atom stereocenters. The van der Waals surface area contributed by atoms with Gasteiger partial charge in [0.2, 0.25) is 0 Å². The Bertz CT molecular complexity index is 970. The van der Waals surface area contributed by atoms with E-state index in [1.165, 1.54) is 31.7 Å². The molecule has 0 aliphatic heterocycles. The van der Waals surface area contributed by atoms with E-state index in [2.05, 4.69) is 6.92 Å². The van der Waals surface area contributed by atoms with Crippen LogP contribution in [0.3, 0.4) is 0 Å². The summed E-state index contributed by atoms with van der Waals surface area (Å²) < 4.78 is 45.5. The summed E-state index contributed by atoms with van der Waals surface area (Å²) in [6.07, 6.45) is 10.4. The molecule has 0 heterocycles. The van der Waals surface area contributed by atoms with Gasteiger partial charge in [-0.05, 0) is 79.8 Å². The lowest BCUT2D eigenvalue weighted by Crippen LogP contribution is -2.30. The van der Waals surface area contributed by atoms with Crippen molar-refractivity contribution in [1.82, 2.24) is 0 Å². The van der Waals surface area contributed by atoms with Gasteiger partial charge in [0.15, 0.2) is 17.7 Å². The highest BCUT2D eigenvalue weighted by Gasteiger charge is 2.27. The summed E-state index contributed by atoms with van der Waals surface area (Å²) in [6, 6.07) is 12.8. The first-order valence-electron chi connectivity index (χ1n) is 15.0. The molecule has 2 aromatic carbocycles. The normalized spacial score (nSPS) is 17.9. The Hall–Kier alpha value is -2.63. The highest BCUT2D eigenvalue weighted by atomic mass is 19.1. The van der Waals surface area contributed by atoms with Crippen LogP contribution in [-0.2, 0) is 9.53 Å². The molecule has 216 valence electrons. The third kappa shape index (κ3) is 10.8. The molecule has 1 saturated carbocycles. The molecular formula is C33H46F2O4. The Morgan fingerprint density at radius 2 is 1.51 bits per heavy atom. The van der Waals surface area contributed by atoms with Crippen molar-refractivity contribution < 1.29 is 27.8 Å². The van der Waals surface area contributed by atoms with Gasteiger partial charge >= 0.3 is 5.97 Å². The van der Waals surface area contributed by atoms with E-state index >= 15 is 0 Å². The zero-order chi connectivity index (χ0) is 27.9. The van der Waals surface area contributed by atoms with E-state index in [4.69, 9.17) is 14.2 Å². The number of hydrogen-bond acceptors (Lipinski definition) is 4. The smallest absolute Gasteiger partial charge is 0.340 e. The highest BCUT2D eigenvalue weighted by Crippen LogP contribution is 2.30. The molecule has 1 fully saturated rings. The fourth-order valence-electron chi connectivity index (χ4n) is 4.98. The third-order valence-electron chi connectivity index (χ3n) is 7.50. The van der Waals surface area contributed by atoms with Crippen molar-refractivity contribution in [2.75, 3.05) is 13.2 Å². The summed E-state index contributed by atoms with van der Waals surface area (Å²) in [7, 11) is 0. The van der Waals surface area contributed by atoms with E-state index in [-0.39, 0.29) is 18.3 Å². The van der Waals surface area contributed by atoms with Gasteiger partial charge in [-0.2, -0.15) is 0 Å². The highest BCUT2D eigenvalue weighted by molar-refractivity contribution is 5.74. The Labute approximate surface area is 233 Å². The molecule has 0 N–H and O–H groups in total. The average Bonchev–Trinajstić information content (AvgIpc) is 2.96. The van der Waals surface area contributed by atoms with E-state index in [0.717, 1.165) is 61.8 Å². The molecule has 2 aromatic rings. The van der Waals surface area contributed by atoms with Crippen molar-refractivity contribution in [3.05, 3.63) is 48.3 Å². The van der Waals surface area contributed by atoms with E-state index in [1.54, 1.807) is 6.07 Å². The largest absolute Gasteiger partial charge is 0.493 e. The number of unbranched alkanes of at least 4 members (excludes halogenated alkanes) is 6. The maximum atomic E-state index is 14.6. The lowest BCUT2D eigenvalue weighted by atomic mass is 9.88. The van der Waals surface area contributed by atoms with Gasteiger partial charge in [-0.15, -0.1) is 0 Å². The number of alkyl halides is 1. The second kappa shape index (κ2) is 17.1. The van der Waals surface area contributed by atoms with Crippen LogP contribution in [0.2, 0.25) is 0 Å². The molecule has 1 atom stereocenters. The number of carbonyl (C=O) groups is 1. The van der Waals surface area contributed by atoms with Crippen molar-refractivity contribution >= 4 is 5.97 Å². The lowest BCUT2D eigenvalue weighted by molar-refractivity contribution is -0.157. The van der Waals surface area contributed by atoms with Gasteiger partial charge < -0.3 is 14.2 Å². The molecule has 0 spiro atoms. The summed E-state index contributed by atoms with van der Waals surface area (Å²) in [4.78, 5) is 11.9. The molecular weight excluding hydrogens is 498 g/mol. The summed E-state index contributed by atoms with van der Waals surface area (Å²) in [6.45, 7) is 5.30. The zero-order valence-electron chi connectivity index (χ0n) is 23.8. The fraction of sp³-hybridized carbons (Fsp3) is 0.606. The minimum absolute atomic E-state index is 0.194. The standard InChI is InChI=1S/C33H46F2O4/c1-3-5-7-8-9-10-22-37-32-21-16-27(23-31(32)35)26-14-19-28(20-15-26)38-24-25-12-17-29(18-13-25)39-33(36)30(34)11-6-4-2/h14-16,19-21,23,25,29-30H,3-13,17-18,22,24H2,1-2H3/t25?,29?,30-/m0/s1. The monoisotopic (exact) mass is 544 g/mol. The predicted octanol–water partition coefficient (Wildman–Crippen LogP) is 9.24. The van der Waals surface area contributed by atoms with Gasteiger partial charge in [0.1, 0.15) is 11.9 Å². The molecule has 0 aromatic heterocycles. The predicted molar refractivity (Wildman–Crippen MR) is 152 cm³/mol. The van der Waals surface area contributed by atoms with Crippen LogP contribution >= 0.6 is 0 Å². The molecule has 39 heavy (non-hydrogen) atoms. The van der Waals surface area contributed by atoms with Gasteiger partial charge in [-0.25, -0.2) is 13.6 Å². The molecule has 6 heteroatoms. The first-order valence-corrected chi connectivity index (χ1v) is 15.0. The van der Waals surface area contributed by atoms with Gasteiger partial charge in [-0.3, -0.25) is 0 Å². The van der Waals surface area contributed by atoms with Gasteiger partial charge in [0.05, 0.1) is 13.2 Å². The van der Waals surface area contributed by atoms with Crippen LogP contribution in [0.5, 0.6) is 11.5 Å². The van der Waals surface area contributed by atoms with Crippen LogP contribution in [-0.4, -0.2) is 31.5 Å². The van der Waals surface area contributed by atoms with Crippen molar-refractivity contribution in [2.24, 2.45) is 5.92 Å². The number of halogens is 2. The average molecular weight is 545 g/mol. The molecule has 0 amide bonds. The Balaban J connectivity index is 1.37. The number of rotatable bonds is 17. The number of carbonyl (C=O) groups excluding carboxylic acids is 1. The molecule has 1 aliphatic carbocycles. The Morgan fingerprint density at radius 1 is 0.846 bits per heavy atom. The fourth-order valence-corrected chi connectivity index (χ4v) is 4.98. The van der Waals surface area contributed by atoms with E-state index in [0.29, 0.717) is 31.3 Å². The maximum Gasteiger partial charge on any atom is 0.340 e. The molecule has 4 nitrogen and oxygen atoms in total. The second-order valence-corrected chi connectivity index (χ2v) is 10.8. The van der Waals surface area contributed by atoms with E-state index < -0.39 is 12.1 Å². The van der Waals surface area contributed by atoms with Crippen molar-refractivity contribution in [1.29, 1.82) is 0 Å². The molecule has 0 saturated heterocycles. The lowest BCUT2D eigenvalue weighted by Gasteiger charge is -2.28. The zero-order valence-corrected chi connectivity index (χ0v) is 23.8. The third-order valence-corrected chi connectivity index (χ3v) is 7.50. The van der Waals surface area contributed by atoms with Crippen molar-refractivity contribution in [3.8, 4) is 22.6 Å². The molecule has 0 bridgehead atoms. The second-order valence-electron chi connectivity index (χ2n) is 10.8. The minimum atomic E-state index is -1.51. The molecule has 3 rings (SSSR count). The van der Waals surface area contributed by atoms with Crippen molar-refractivity contribution in [3.63, 3.8) is 0 Å². The first kappa shape index (κ1) is 30.9. The number of esters is 1. The maximum absolute atomic E-state index is 14.6. The van der Waals surface area contributed by atoms with Crippen LogP contribution in [0.15, 0.2) is 42.5 Å².